The standard InChI is InChI=1S/C42H31N3/c43-26-33-12-8-13-34(27-44)42(33)45-40-16-7-6-15-37(40)39-25-30(20-22-41(39)45)29-19-21-36-32(18-17-28-9-2-1-3-10-28)23-31-11-4-5-14-35(31)38(36)24-29/h1-16,19-22,25,29,32H,17-18,23-24H2. The van der Waals surface area contributed by atoms with Gasteiger partial charge in [-0.1, -0.05) is 97.1 Å². The maximum absolute atomic E-state index is 9.99. The molecule has 0 radical (unpaired) electrons. The summed E-state index contributed by atoms with van der Waals surface area (Å²) in [6, 6.07) is 44.9. The summed E-state index contributed by atoms with van der Waals surface area (Å²) < 4.78 is 2.09. The third kappa shape index (κ3) is 4.57. The lowest BCUT2D eigenvalue weighted by atomic mass is 9.71. The number of nitrogens with zero attached hydrogens (tertiary/aromatic N) is 3. The van der Waals surface area contributed by atoms with E-state index in [9.17, 15) is 10.5 Å². The Morgan fingerprint density at radius 3 is 2.24 bits per heavy atom. The second-order valence-electron chi connectivity index (χ2n) is 12.2. The molecule has 3 heteroatoms. The van der Waals surface area contributed by atoms with Gasteiger partial charge in [0.15, 0.2) is 0 Å². The van der Waals surface area contributed by atoms with Crippen LogP contribution in [0.5, 0.6) is 0 Å². The topological polar surface area (TPSA) is 52.5 Å². The average molecular weight is 578 g/mol. The first-order valence-electron chi connectivity index (χ1n) is 15.7. The van der Waals surface area contributed by atoms with Crippen LogP contribution in [-0.4, -0.2) is 4.57 Å². The van der Waals surface area contributed by atoms with Gasteiger partial charge in [-0.2, -0.15) is 10.5 Å². The van der Waals surface area contributed by atoms with E-state index in [0.29, 0.717) is 22.7 Å². The van der Waals surface area contributed by atoms with Crippen molar-refractivity contribution in [2.75, 3.05) is 0 Å². The molecule has 0 N–H and O–H groups in total. The summed E-state index contributed by atoms with van der Waals surface area (Å²) >= 11 is 0. The van der Waals surface area contributed by atoms with E-state index in [1.54, 1.807) is 18.2 Å². The molecule has 0 bridgehead atoms. The zero-order chi connectivity index (χ0) is 30.3. The summed E-state index contributed by atoms with van der Waals surface area (Å²) in [5.41, 5.74) is 12.2. The van der Waals surface area contributed by atoms with E-state index in [4.69, 9.17) is 0 Å². The lowest BCUT2D eigenvalue weighted by Crippen LogP contribution is -2.19. The molecule has 0 fully saturated rings. The molecule has 214 valence electrons. The highest BCUT2D eigenvalue weighted by atomic mass is 15.0. The summed E-state index contributed by atoms with van der Waals surface area (Å²) in [6.07, 6.45) is 9.14. The SMILES string of the molecule is N#Cc1cccc(C#N)c1-n1c2ccccc2c2cc(C3C=CC4=C(C3)c3ccccc3CC4CCc3ccccc3)ccc21. The first-order chi connectivity index (χ1) is 22.2. The molecule has 0 saturated carbocycles. The van der Waals surface area contributed by atoms with Gasteiger partial charge in [-0.05, 0) is 95.3 Å². The fraction of sp³-hybridized carbons (Fsp3) is 0.143. The van der Waals surface area contributed by atoms with Crippen molar-refractivity contribution >= 4 is 27.4 Å². The Labute approximate surface area is 263 Å². The maximum Gasteiger partial charge on any atom is 0.101 e. The lowest BCUT2D eigenvalue weighted by Gasteiger charge is -2.34. The molecule has 2 aliphatic carbocycles. The summed E-state index contributed by atoms with van der Waals surface area (Å²) in [6.45, 7) is 0. The van der Waals surface area contributed by atoms with E-state index < -0.39 is 0 Å². The highest BCUT2D eigenvalue weighted by Gasteiger charge is 2.30. The second-order valence-corrected chi connectivity index (χ2v) is 12.2. The van der Waals surface area contributed by atoms with Gasteiger partial charge in [0.25, 0.3) is 0 Å². The molecule has 3 nitrogen and oxygen atoms in total. The molecule has 6 aromatic rings. The zero-order valence-corrected chi connectivity index (χ0v) is 24.9. The Balaban J connectivity index is 1.20. The van der Waals surface area contributed by atoms with Crippen molar-refractivity contribution in [3.63, 3.8) is 0 Å². The number of nitriles is 2. The number of aromatic nitrogens is 1. The van der Waals surface area contributed by atoms with Gasteiger partial charge in [-0.15, -0.1) is 0 Å². The summed E-state index contributed by atoms with van der Waals surface area (Å²) in [5, 5.41) is 22.2. The Morgan fingerprint density at radius 2 is 1.42 bits per heavy atom. The molecule has 1 heterocycles. The molecular weight excluding hydrogens is 546 g/mol. The highest BCUT2D eigenvalue weighted by Crippen LogP contribution is 2.46. The van der Waals surface area contributed by atoms with Crippen molar-refractivity contribution in [2.24, 2.45) is 5.92 Å². The number of benzene rings is 5. The molecule has 2 aliphatic rings. The average Bonchev–Trinajstić information content (AvgIpc) is 3.43. The Kier molecular flexibility index (Phi) is 6.66. The van der Waals surface area contributed by atoms with Crippen LogP contribution in [0.3, 0.4) is 0 Å². The Morgan fingerprint density at radius 1 is 0.689 bits per heavy atom. The predicted octanol–water partition coefficient (Wildman–Crippen LogP) is 9.83. The van der Waals surface area contributed by atoms with Gasteiger partial charge in [0.2, 0.25) is 0 Å². The molecule has 1 aromatic heterocycles. The first kappa shape index (κ1) is 26.9. The van der Waals surface area contributed by atoms with Crippen LogP contribution in [0, 0.1) is 28.6 Å². The fourth-order valence-corrected chi connectivity index (χ4v) is 7.64. The van der Waals surface area contributed by atoms with Crippen LogP contribution >= 0.6 is 0 Å². The molecule has 8 rings (SSSR count). The van der Waals surface area contributed by atoms with Gasteiger partial charge in [0.1, 0.15) is 12.1 Å². The largest absolute Gasteiger partial charge is 0.307 e. The number of allylic oxidation sites excluding steroid dienone is 4. The van der Waals surface area contributed by atoms with Crippen LogP contribution in [0.25, 0.3) is 33.1 Å². The van der Waals surface area contributed by atoms with Gasteiger partial charge in [-0.25, -0.2) is 0 Å². The zero-order valence-electron chi connectivity index (χ0n) is 24.9. The molecule has 0 saturated heterocycles. The number of hydrogen-bond donors (Lipinski definition) is 0. The number of hydrogen-bond acceptors (Lipinski definition) is 2. The minimum absolute atomic E-state index is 0.261. The molecule has 0 spiro atoms. The summed E-state index contributed by atoms with van der Waals surface area (Å²) in [7, 11) is 0. The van der Waals surface area contributed by atoms with E-state index in [2.05, 4.69) is 120 Å². The lowest BCUT2D eigenvalue weighted by molar-refractivity contribution is 0.555. The predicted molar refractivity (Wildman–Crippen MR) is 182 cm³/mol. The van der Waals surface area contributed by atoms with Crippen molar-refractivity contribution in [2.45, 2.75) is 31.6 Å². The van der Waals surface area contributed by atoms with Gasteiger partial charge in [-0.3, -0.25) is 0 Å². The van der Waals surface area contributed by atoms with E-state index in [0.717, 1.165) is 47.5 Å². The second kappa shape index (κ2) is 11.1. The first-order valence-corrected chi connectivity index (χ1v) is 15.7. The van der Waals surface area contributed by atoms with Crippen molar-refractivity contribution in [1.29, 1.82) is 10.5 Å². The molecule has 0 amide bonds. The summed E-state index contributed by atoms with van der Waals surface area (Å²) in [5.74, 6) is 0.777. The van der Waals surface area contributed by atoms with Crippen molar-refractivity contribution in [1.82, 2.24) is 4.57 Å². The normalized spacial score (nSPS) is 17.1. The van der Waals surface area contributed by atoms with Crippen LogP contribution in [0.15, 0.2) is 133 Å². The van der Waals surface area contributed by atoms with Crippen molar-refractivity contribution in [3.05, 3.63) is 166 Å². The number of rotatable bonds is 5. The van der Waals surface area contributed by atoms with Crippen LogP contribution in [-0.2, 0) is 12.8 Å². The minimum Gasteiger partial charge on any atom is -0.307 e. The van der Waals surface area contributed by atoms with E-state index in [1.807, 2.05) is 6.07 Å². The molecule has 0 aliphatic heterocycles. The molecule has 2 unspecified atom stereocenters. The Bertz CT molecular complexity index is 2220. The van der Waals surface area contributed by atoms with Crippen LogP contribution in [0.1, 0.15) is 52.1 Å². The third-order valence-electron chi connectivity index (χ3n) is 9.78. The molecule has 5 aromatic carbocycles. The van der Waals surface area contributed by atoms with E-state index >= 15 is 0 Å². The van der Waals surface area contributed by atoms with Gasteiger partial charge in [0.05, 0.1) is 27.8 Å². The van der Waals surface area contributed by atoms with Crippen LogP contribution in [0.4, 0.5) is 0 Å². The van der Waals surface area contributed by atoms with E-state index in [-0.39, 0.29) is 5.92 Å². The molecule has 45 heavy (non-hydrogen) atoms. The fourth-order valence-electron chi connectivity index (χ4n) is 7.64. The van der Waals surface area contributed by atoms with Gasteiger partial charge < -0.3 is 4.57 Å². The number of para-hydroxylation sites is 2. The maximum atomic E-state index is 9.99. The van der Waals surface area contributed by atoms with Crippen molar-refractivity contribution < 1.29 is 0 Å². The van der Waals surface area contributed by atoms with E-state index in [1.165, 1.54) is 33.4 Å². The Hall–Kier alpha value is -5.64. The summed E-state index contributed by atoms with van der Waals surface area (Å²) in [4.78, 5) is 0. The minimum atomic E-state index is 0.261. The quantitative estimate of drug-likeness (QED) is 0.205. The number of fused-ring (bicyclic) bond motifs is 5. The number of aryl methyl sites for hydroxylation is 1. The van der Waals surface area contributed by atoms with Crippen molar-refractivity contribution in [3.8, 4) is 17.8 Å². The monoisotopic (exact) mass is 577 g/mol. The van der Waals surface area contributed by atoms with Gasteiger partial charge in [0, 0.05) is 16.7 Å². The molecule has 2 atom stereocenters. The van der Waals surface area contributed by atoms with Crippen LogP contribution < -0.4 is 0 Å². The smallest absolute Gasteiger partial charge is 0.101 e. The highest BCUT2D eigenvalue weighted by molar-refractivity contribution is 6.10. The van der Waals surface area contributed by atoms with Crippen LogP contribution in [0.2, 0.25) is 0 Å². The third-order valence-corrected chi connectivity index (χ3v) is 9.78. The van der Waals surface area contributed by atoms with Gasteiger partial charge >= 0.3 is 0 Å². The molecular formula is C42H31N3.